The SMILES string of the molecule is Cc1ccc(C(C)(C)O)cc1-n1c(C)cc(OCc2ccc(F)cc2F)c(Br)c1=O. The number of pyridine rings is 1. The minimum Gasteiger partial charge on any atom is -0.487 e. The molecule has 0 aliphatic heterocycles. The van der Waals surface area contributed by atoms with E-state index >= 15 is 0 Å². The van der Waals surface area contributed by atoms with Crippen molar-refractivity contribution in [2.45, 2.75) is 39.9 Å². The van der Waals surface area contributed by atoms with E-state index in [1.165, 1.54) is 10.6 Å². The van der Waals surface area contributed by atoms with E-state index in [1.54, 1.807) is 32.9 Å². The summed E-state index contributed by atoms with van der Waals surface area (Å²) in [5, 5.41) is 10.3. The van der Waals surface area contributed by atoms with Gasteiger partial charge in [0.25, 0.3) is 5.56 Å². The number of aliphatic hydroxyl groups is 1. The first-order valence-corrected chi connectivity index (χ1v) is 10.1. The Hall–Kier alpha value is -2.51. The molecule has 1 heterocycles. The van der Waals surface area contributed by atoms with Crippen LogP contribution in [0.2, 0.25) is 0 Å². The molecule has 4 nitrogen and oxygen atoms in total. The molecule has 0 spiro atoms. The van der Waals surface area contributed by atoms with Gasteiger partial charge in [0.15, 0.2) is 0 Å². The van der Waals surface area contributed by atoms with Crippen LogP contribution in [0.1, 0.15) is 36.2 Å². The summed E-state index contributed by atoms with van der Waals surface area (Å²) in [5.41, 5.74) is 1.57. The highest BCUT2D eigenvalue weighted by Crippen LogP contribution is 2.28. The molecular weight excluding hydrogens is 456 g/mol. The quantitative estimate of drug-likeness (QED) is 0.542. The molecule has 0 amide bonds. The lowest BCUT2D eigenvalue weighted by molar-refractivity contribution is 0.0786. The molecule has 1 N–H and O–H groups in total. The largest absolute Gasteiger partial charge is 0.487 e. The number of hydrogen-bond acceptors (Lipinski definition) is 3. The molecule has 2 aromatic carbocycles. The number of halogens is 3. The van der Waals surface area contributed by atoms with Crippen LogP contribution in [0.3, 0.4) is 0 Å². The third kappa shape index (κ3) is 4.47. The second kappa shape index (κ2) is 8.32. The fourth-order valence-electron chi connectivity index (χ4n) is 3.11. The Morgan fingerprint density at radius 2 is 1.80 bits per heavy atom. The summed E-state index contributed by atoms with van der Waals surface area (Å²) >= 11 is 3.29. The highest BCUT2D eigenvalue weighted by molar-refractivity contribution is 9.10. The molecule has 0 saturated heterocycles. The van der Waals surface area contributed by atoms with E-state index in [-0.39, 0.29) is 28.0 Å². The second-order valence-corrected chi connectivity index (χ2v) is 8.48. The van der Waals surface area contributed by atoms with Crippen LogP contribution in [0.25, 0.3) is 5.69 Å². The minimum atomic E-state index is -1.06. The van der Waals surface area contributed by atoms with E-state index < -0.39 is 17.2 Å². The number of hydrogen-bond donors (Lipinski definition) is 1. The van der Waals surface area contributed by atoms with Gasteiger partial charge in [0.2, 0.25) is 0 Å². The van der Waals surface area contributed by atoms with Crippen LogP contribution >= 0.6 is 15.9 Å². The van der Waals surface area contributed by atoms with Crippen molar-refractivity contribution in [1.82, 2.24) is 4.57 Å². The molecule has 0 saturated carbocycles. The van der Waals surface area contributed by atoms with Gasteiger partial charge in [-0.3, -0.25) is 9.36 Å². The summed E-state index contributed by atoms with van der Waals surface area (Å²) in [5.74, 6) is -1.12. The van der Waals surface area contributed by atoms with Crippen LogP contribution in [0, 0.1) is 25.5 Å². The van der Waals surface area contributed by atoms with Gasteiger partial charge in [-0.2, -0.15) is 0 Å². The van der Waals surface area contributed by atoms with Gasteiger partial charge >= 0.3 is 0 Å². The standard InChI is InChI=1S/C23H22BrF2NO3/c1-13-5-7-16(23(3,4)29)10-19(13)27-14(2)9-20(21(24)22(27)28)30-12-15-6-8-17(25)11-18(15)26/h5-11,29H,12H2,1-4H3. The molecule has 7 heteroatoms. The minimum absolute atomic E-state index is 0.152. The van der Waals surface area contributed by atoms with Gasteiger partial charge in [0.1, 0.15) is 28.5 Å². The predicted octanol–water partition coefficient (Wildman–Crippen LogP) is 5.30. The lowest BCUT2D eigenvalue weighted by Crippen LogP contribution is -2.24. The van der Waals surface area contributed by atoms with Gasteiger partial charge in [-0.15, -0.1) is 0 Å². The van der Waals surface area contributed by atoms with Crippen molar-refractivity contribution in [3.05, 3.63) is 91.3 Å². The normalized spacial score (nSPS) is 11.6. The van der Waals surface area contributed by atoms with E-state index in [2.05, 4.69) is 15.9 Å². The third-order valence-electron chi connectivity index (χ3n) is 4.85. The van der Waals surface area contributed by atoms with Crippen LogP contribution < -0.4 is 10.3 Å². The molecule has 1 aromatic heterocycles. The van der Waals surface area contributed by atoms with E-state index in [0.717, 1.165) is 17.7 Å². The van der Waals surface area contributed by atoms with Crippen molar-refractivity contribution >= 4 is 15.9 Å². The summed E-state index contributed by atoms with van der Waals surface area (Å²) in [7, 11) is 0. The molecular formula is C23H22BrF2NO3. The van der Waals surface area contributed by atoms with E-state index in [1.807, 2.05) is 19.1 Å². The second-order valence-electron chi connectivity index (χ2n) is 7.69. The molecule has 0 aliphatic carbocycles. The summed E-state index contributed by atoms with van der Waals surface area (Å²) < 4.78 is 34.3. The Morgan fingerprint density at radius 3 is 2.43 bits per heavy atom. The molecule has 0 bridgehead atoms. The van der Waals surface area contributed by atoms with Crippen molar-refractivity contribution in [3.8, 4) is 11.4 Å². The average Bonchev–Trinajstić information content (AvgIpc) is 2.65. The first kappa shape index (κ1) is 22.2. The first-order valence-electron chi connectivity index (χ1n) is 9.32. The van der Waals surface area contributed by atoms with Crippen LogP contribution in [0.5, 0.6) is 5.75 Å². The van der Waals surface area contributed by atoms with Crippen LogP contribution in [0.15, 0.2) is 51.7 Å². The summed E-state index contributed by atoms with van der Waals surface area (Å²) in [6.45, 7) is 6.85. The zero-order valence-electron chi connectivity index (χ0n) is 17.1. The van der Waals surface area contributed by atoms with Crippen LogP contribution in [0.4, 0.5) is 8.78 Å². The molecule has 158 valence electrons. The highest BCUT2D eigenvalue weighted by Gasteiger charge is 2.20. The fraction of sp³-hybridized carbons (Fsp3) is 0.261. The Balaban J connectivity index is 2.01. The summed E-state index contributed by atoms with van der Waals surface area (Å²) in [4.78, 5) is 13.1. The van der Waals surface area contributed by atoms with Crippen molar-refractivity contribution in [2.24, 2.45) is 0 Å². The molecule has 0 fully saturated rings. The highest BCUT2D eigenvalue weighted by atomic mass is 79.9. The zero-order chi connectivity index (χ0) is 22.2. The molecule has 3 rings (SSSR count). The Bertz CT molecular complexity index is 1170. The number of aryl methyl sites for hydroxylation is 2. The Morgan fingerprint density at radius 1 is 1.10 bits per heavy atom. The molecule has 0 unspecified atom stereocenters. The van der Waals surface area contributed by atoms with Gasteiger partial charge in [-0.1, -0.05) is 12.1 Å². The van der Waals surface area contributed by atoms with Crippen molar-refractivity contribution in [1.29, 1.82) is 0 Å². The zero-order valence-corrected chi connectivity index (χ0v) is 18.7. The van der Waals surface area contributed by atoms with Gasteiger partial charge in [0, 0.05) is 23.4 Å². The van der Waals surface area contributed by atoms with Gasteiger partial charge < -0.3 is 9.84 Å². The molecule has 0 aliphatic rings. The number of aromatic nitrogens is 1. The number of ether oxygens (including phenoxy) is 1. The molecule has 30 heavy (non-hydrogen) atoms. The summed E-state index contributed by atoms with van der Waals surface area (Å²) in [6, 6.07) is 10.4. The van der Waals surface area contributed by atoms with Crippen LogP contribution in [-0.2, 0) is 12.2 Å². The number of rotatable bonds is 5. The number of nitrogens with zero attached hydrogens (tertiary/aromatic N) is 1. The van der Waals surface area contributed by atoms with Gasteiger partial charge in [-0.05, 0) is 73.0 Å². The van der Waals surface area contributed by atoms with Crippen LogP contribution in [-0.4, -0.2) is 9.67 Å². The fourth-order valence-corrected chi connectivity index (χ4v) is 3.52. The maximum Gasteiger partial charge on any atom is 0.273 e. The third-order valence-corrected chi connectivity index (χ3v) is 5.58. The maximum absolute atomic E-state index is 13.9. The molecule has 0 atom stereocenters. The van der Waals surface area contributed by atoms with Crippen molar-refractivity contribution < 1.29 is 18.6 Å². The monoisotopic (exact) mass is 477 g/mol. The Labute approximate surface area is 181 Å². The van der Waals surface area contributed by atoms with E-state index in [9.17, 15) is 18.7 Å². The van der Waals surface area contributed by atoms with Crippen molar-refractivity contribution in [2.75, 3.05) is 0 Å². The van der Waals surface area contributed by atoms with E-state index in [0.29, 0.717) is 16.9 Å². The van der Waals surface area contributed by atoms with E-state index in [4.69, 9.17) is 4.74 Å². The first-order chi connectivity index (χ1) is 14.0. The lowest BCUT2D eigenvalue weighted by atomic mass is 9.96. The van der Waals surface area contributed by atoms with Gasteiger partial charge in [0.05, 0.1) is 11.3 Å². The molecule has 3 aromatic rings. The van der Waals surface area contributed by atoms with Gasteiger partial charge in [-0.25, -0.2) is 8.78 Å². The smallest absolute Gasteiger partial charge is 0.273 e. The average molecular weight is 478 g/mol. The lowest BCUT2D eigenvalue weighted by Gasteiger charge is -2.21. The number of benzene rings is 2. The summed E-state index contributed by atoms with van der Waals surface area (Å²) in [6.07, 6.45) is 0. The topological polar surface area (TPSA) is 51.5 Å². The Kier molecular flexibility index (Phi) is 6.15. The maximum atomic E-state index is 13.9. The predicted molar refractivity (Wildman–Crippen MR) is 115 cm³/mol. The molecule has 0 radical (unpaired) electrons. The van der Waals surface area contributed by atoms with Crippen molar-refractivity contribution in [3.63, 3.8) is 0 Å².